The Bertz CT molecular complexity index is 554. The molecule has 1 aliphatic heterocycles. The molecular formula is C21H32N3O. The number of amides is 1. The third-order valence-electron chi connectivity index (χ3n) is 4.68. The van der Waals surface area contributed by atoms with Crippen LogP contribution in [0, 0.1) is 0 Å². The van der Waals surface area contributed by atoms with Gasteiger partial charge in [0.25, 0.3) is 0 Å². The van der Waals surface area contributed by atoms with Gasteiger partial charge in [-0.3, -0.25) is 4.79 Å². The first-order chi connectivity index (χ1) is 12.3. The number of hydrogen-bond acceptors (Lipinski definition) is 2. The molecule has 1 N–H and O–H groups in total. The minimum absolute atomic E-state index is 0.0924. The maximum atomic E-state index is 12.0. The van der Waals surface area contributed by atoms with E-state index >= 15 is 0 Å². The van der Waals surface area contributed by atoms with E-state index in [1.807, 2.05) is 18.2 Å². The summed E-state index contributed by atoms with van der Waals surface area (Å²) in [6, 6.07) is 5.72. The van der Waals surface area contributed by atoms with Crippen molar-refractivity contribution in [2.45, 2.75) is 84.0 Å². The molecule has 25 heavy (non-hydrogen) atoms. The van der Waals surface area contributed by atoms with Crippen LogP contribution in [-0.2, 0) is 4.79 Å². The third-order valence-corrected chi connectivity index (χ3v) is 4.68. The minimum atomic E-state index is 0.0924. The van der Waals surface area contributed by atoms with E-state index in [2.05, 4.69) is 22.8 Å². The summed E-state index contributed by atoms with van der Waals surface area (Å²) in [6.45, 7) is 2.26. The molecular weight excluding hydrogens is 310 g/mol. The van der Waals surface area contributed by atoms with E-state index < -0.39 is 0 Å². The van der Waals surface area contributed by atoms with Crippen LogP contribution in [0.15, 0.2) is 23.3 Å². The number of rotatable bonds is 13. The molecule has 4 nitrogen and oxygen atoms in total. The van der Waals surface area contributed by atoms with Gasteiger partial charge in [-0.05, 0) is 24.6 Å². The maximum absolute atomic E-state index is 12.0. The third kappa shape index (κ3) is 7.72. The van der Waals surface area contributed by atoms with Gasteiger partial charge < -0.3 is 5.32 Å². The first-order valence-corrected chi connectivity index (χ1v) is 9.97. The number of benzene rings is 1. The van der Waals surface area contributed by atoms with Crippen molar-refractivity contribution in [3.8, 4) is 0 Å². The zero-order valence-electron chi connectivity index (χ0n) is 15.6. The standard InChI is InChI=1S/C21H32N3O/c1-2-3-4-5-6-7-8-9-10-11-12-13-21(25)23-19-15-14-18-17-22-24-20(18)16-19/h14-17H,2-13H2,1H3,(H,23,25). The van der Waals surface area contributed by atoms with Crippen molar-refractivity contribution < 1.29 is 4.79 Å². The van der Waals surface area contributed by atoms with Crippen LogP contribution in [0.4, 0.5) is 11.4 Å². The van der Waals surface area contributed by atoms with Crippen molar-refractivity contribution >= 4 is 23.5 Å². The molecule has 1 heterocycles. The second-order valence-corrected chi connectivity index (χ2v) is 6.95. The van der Waals surface area contributed by atoms with E-state index in [4.69, 9.17) is 0 Å². The van der Waals surface area contributed by atoms with Crippen molar-refractivity contribution in [1.82, 2.24) is 5.43 Å². The first kappa shape index (κ1) is 19.5. The molecule has 0 aliphatic carbocycles. The van der Waals surface area contributed by atoms with E-state index in [9.17, 15) is 4.79 Å². The SMILES string of the molecule is CCCCCCCCCCCCCC(=O)Nc1ccc2c(c1)[N]N=C2. The van der Waals surface area contributed by atoms with Crippen LogP contribution >= 0.6 is 0 Å². The molecule has 0 saturated heterocycles. The van der Waals surface area contributed by atoms with E-state index in [0.717, 1.165) is 29.8 Å². The lowest BCUT2D eigenvalue weighted by atomic mass is 10.1. The van der Waals surface area contributed by atoms with Gasteiger partial charge in [0.2, 0.25) is 5.91 Å². The molecule has 2 rings (SSSR count). The molecule has 1 aliphatic rings. The number of unbranched alkanes of at least 4 members (excludes halogenated alkanes) is 10. The maximum Gasteiger partial charge on any atom is 0.224 e. The van der Waals surface area contributed by atoms with Gasteiger partial charge in [0.05, 0.1) is 11.9 Å². The van der Waals surface area contributed by atoms with Gasteiger partial charge in [0.15, 0.2) is 0 Å². The molecule has 137 valence electrons. The van der Waals surface area contributed by atoms with E-state index in [1.54, 1.807) is 6.21 Å². The molecule has 4 heteroatoms. The highest BCUT2D eigenvalue weighted by Crippen LogP contribution is 2.23. The predicted molar refractivity (Wildman–Crippen MR) is 106 cm³/mol. The largest absolute Gasteiger partial charge is 0.326 e. The van der Waals surface area contributed by atoms with E-state index in [-0.39, 0.29) is 5.91 Å². The summed E-state index contributed by atoms with van der Waals surface area (Å²) in [7, 11) is 0. The highest BCUT2D eigenvalue weighted by molar-refractivity contribution is 5.94. The number of nitrogens with one attached hydrogen (secondary N) is 1. The molecule has 0 atom stereocenters. The Morgan fingerprint density at radius 1 is 0.920 bits per heavy atom. The lowest BCUT2D eigenvalue weighted by Crippen LogP contribution is -2.11. The van der Waals surface area contributed by atoms with Crippen LogP contribution in [0.2, 0.25) is 0 Å². The van der Waals surface area contributed by atoms with Gasteiger partial charge in [0.1, 0.15) is 0 Å². The van der Waals surface area contributed by atoms with Crippen LogP contribution in [0.5, 0.6) is 0 Å². The molecule has 0 spiro atoms. The summed E-state index contributed by atoms with van der Waals surface area (Å²) in [5, 5.41) is 6.82. The average Bonchev–Trinajstić information content (AvgIpc) is 3.07. The molecule has 0 saturated carbocycles. The fraction of sp³-hybridized carbons (Fsp3) is 0.619. The summed E-state index contributed by atoms with van der Waals surface area (Å²) in [5.74, 6) is 0.0924. The van der Waals surface area contributed by atoms with Crippen molar-refractivity contribution in [1.29, 1.82) is 0 Å². The van der Waals surface area contributed by atoms with Gasteiger partial charge in [-0.15, -0.1) is 0 Å². The van der Waals surface area contributed by atoms with Crippen LogP contribution in [0.3, 0.4) is 0 Å². The van der Waals surface area contributed by atoms with Crippen molar-refractivity contribution in [2.75, 3.05) is 5.32 Å². The monoisotopic (exact) mass is 342 g/mol. The van der Waals surface area contributed by atoms with Crippen LogP contribution < -0.4 is 10.7 Å². The quantitative estimate of drug-likeness (QED) is 0.445. The lowest BCUT2D eigenvalue weighted by Gasteiger charge is -2.06. The van der Waals surface area contributed by atoms with Crippen molar-refractivity contribution in [3.63, 3.8) is 0 Å². The summed E-state index contributed by atoms with van der Waals surface area (Å²) in [4.78, 5) is 12.0. The first-order valence-electron chi connectivity index (χ1n) is 9.97. The lowest BCUT2D eigenvalue weighted by molar-refractivity contribution is -0.116. The van der Waals surface area contributed by atoms with Crippen molar-refractivity contribution in [2.24, 2.45) is 5.10 Å². The molecule has 0 fully saturated rings. The highest BCUT2D eigenvalue weighted by Gasteiger charge is 2.09. The minimum Gasteiger partial charge on any atom is -0.326 e. The topological polar surface area (TPSA) is 55.6 Å². The number of fused-ring (bicyclic) bond motifs is 1. The normalized spacial score (nSPS) is 12.0. The fourth-order valence-electron chi connectivity index (χ4n) is 3.14. The molecule has 1 amide bonds. The Kier molecular flexibility index (Phi) is 9.09. The van der Waals surface area contributed by atoms with Crippen LogP contribution in [0.25, 0.3) is 0 Å². The van der Waals surface area contributed by atoms with Crippen LogP contribution in [0.1, 0.15) is 89.5 Å². The summed E-state index contributed by atoms with van der Waals surface area (Å²) < 4.78 is 0. The number of nitrogens with zero attached hydrogens (tertiary/aromatic N) is 2. The second-order valence-electron chi connectivity index (χ2n) is 6.95. The smallest absolute Gasteiger partial charge is 0.224 e. The van der Waals surface area contributed by atoms with Crippen LogP contribution in [-0.4, -0.2) is 12.1 Å². The molecule has 0 bridgehead atoms. The zero-order chi connectivity index (χ0) is 17.7. The van der Waals surface area contributed by atoms with Crippen molar-refractivity contribution in [3.05, 3.63) is 23.8 Å². The predicted octanol–water partition coefficient (Wildman–Crippen LogP) is 5.91. The molecule has 1 radical (unpaired) electrons. The number of carbonyl (C=O) groups excluding carboxylic acids is 1. The molecule has 1 aromatic rings. The number of carbonyl (C=O) groups is 1. The summed E-state index contributed by atoms with van der Waals surface area (Å²) in [5.41, 5.74) is 6.65. The van der Waals surface area contributed by atoms with Gasteiger partial charge in [-0.1, -0.05) is 71.1 Å². The van der Waals surface area contributed by atoms with Gasteiger partial charge in [-0.2, -0.15) is 10.5 Å². The Morgan fingerprint density at radius 3 is 2.24 bits per heavy atom. The van der Waals surface area contributed by atoms with E-state index in [1.165, 1.54) is 57.8 Å². The summed E-state index contributed by atoms with van der Waals surface area (Å²) in [6.07, 6.45) is 16.6. The summed E-state index contributed by atoms with van der Waals surface area (Å²) >= 11 is 0. The molecule has 0 aromatic heterocycles. The Balaban J connectivity index is 1.45. The van der Waals surface area contributed by atoms with Gasteiger partial charge in [-0.25, -0.2) is 0 Å². The van der Waals surface area contributed by atoms with Gasteiger partial charge >= 0.3 is 0 Å². The Hall–Kier alpha value is -1.84. The average molecular weight is 343 g/mol. The Morgan fingerprint density at radius 2 is 1.56 bits per heavy atom. The Labute approximate surface area is 152 Å². The van der Waals surface area contributed by atoms with E-state index in [0.29, 0.717) is 6.42 Å². The molecule has 1 aromatic carbocycles. The number of anilines is 1. The second kappa shape index (κ2) is 11.7. The fourth-order valence-corrected chi connectivity index (χ4v) is 3.14. The highest BCUT2D eigenvalue weighted by atomic mass is 16.1. The van der Waals surface area contributed by atoms with Gasteiger partial charge in [0, 0.05) is 17.7 Å². The molecule has 0 unspecified atom stereocenters. The number of hydrogen-bond donors (Lipinski definition) is 1. The zero-order valence-corrected chi connectivity index (χ0v) is 15.6.